The zero-order valence-corrected chi connectivity index (χ0v) is 9.84. The van der Waals surface area contributed by atoms with Crippen molar-refractivity contribution >= 4 is 23.1 Å². The second-order valence-corrected chi connectivity index (χ2v) is 5.51. The van der Waals surface area contributed by atoms with Crippen LogP contribution in [0.15, 0.2) is 4.34 Å². The molecular formula is C8H15N3S2. The number of rotatable bonds is 5. The van der Waals surface area contributed by atoms with Gasteiger partial charge in [-0.3, -0.25) is 0 Å². The van der Waals surface area contributed by atoms with Crippen molar-refractivity contribution in [3.05, 3.63) is 5.01 Å². The third-order valence-corrected chi connectivity index (χ3v) is 3.85. The van der Waals surface area contributed by atoms with Gasteiger partial charge < -0.3 is 5.32 Å². The van der Waals surface area contributed by atoms with Gasteiger partial charge in [-0.2, -0.15) is 0 Å². The molecule has 0 aromatic carbocycles. The van der Waals surface area contributed by atoms with Crippen molar-refractivity contribution in [1.29, 1.82) is 0 Å². The fraction of sp³-hybridized carbons (Fsp3) is 0.750. The Morgan fingerprint density at radius 2 is 2.31 bits per heavy atom. The van der Waals surface area contributed by atoms with E-state index in [9.17, 15) is 0 Å². The zero-order valence-electron chi connectivity index (χ0n) is 8.20. The lowest BCUT2D eigenvalue weighted by Gasteiger charge is -2.07. The number of aromatic nitrogens is 2. The molecule has 3 nitrogen and oxygen atoms in total. The van der Waals surface area contributed by atoms with Crippen LogP contribution < -0.4 is 5.32 Å². The van der Waals surface area contributed by atoms with Crippen molar-refractivity contribution in [3.63, 3.8) is 0 Å². The van der Waals surface area contributed by atoms with Crippen LogP contribution in [0.5, 0.6) is 0 Å². The average molecular weight is 217 g/mol. The first-order chi connectivity index (χ1) is 6.22. The smallest absolute Gasteiger partial charge is 0.174 e. The fourth-order valence-corrected chi connectivity index (χ4v) is 2.82. The maximum absolute atomic E-state index is 4.06. The van der Waals surface area contributed by atoms with Gasteiger partial charge in [-0.05, 0) is 26.4 Å². The van der Waals surface area contributed by atoms with Gasteiger partial charge in [0.2, 0.25) is 0 Å². The van der Waals surface area contributed by atoms with E-state index in [1.807, 2.05) is 14.0 Å². The lowest BCUT2D eigenvalue weighted by atomic mass is 10.2. The van der Waals surface area contributed by atoms with Gasteiger partial charge >= 0.3 is 0 Å². The SMILES string of the molecule is CNCC(C)CSc1nnc(C)s1. The van der Waals surface area contributed by atoms with Crippen molar-refractivity contribution in [1.82, 2.24) is 15.5 Å². The van der Waals surface area contributed by atoms with Gasteiger partial charge in [-0.1, -0.05) is 30.0 Å². The Balaban J connectivity index is 2.26. The number of aryl methyl sites for hydroxylation is 1. The van der Waals surface area contributed by atoms with Gasteiger partial charge in [-0.25, -0.2) is 0 Å². The van der Waals surface area contributed by atoms with Crippen LogP contribution in [0.2, 0.25) is 0 Å². The summed E-state index contributed by atoms with van der Waals surface area (Å²) >= 11 is 3.46. The van der Waals surface area contributed by atoms with E-state index < -0.39 is 0 Å². The Hall–Kier alpha value is -0.130. The molecule has 0 saturated carbocycles. The molecule has 0 aliphatic rings. The van der Waals surface area contributed by atoms with Gasteiger partial charge in [0, 0.05) is 5.75 Å². The second-order valence-electron chi connectivity index (χ2n) is 3.06. The van der Waals surface area contributed by atoms with Crippen LogP contribution in [0.4, 0.5) is 0 Å². The maximum atomic E-state index is 4.06. The number of thioether (sulfide) groups is 1. The minimum atomic E-state index is 0.680. The zero-order chi connectivity index (χ0) is 9.68. The fourth-order valence-electron chi connectivity index (χ4n) is 0.958. The first-order valence-electron chi connectivity index (χ1n) is 4.30. The average Bonchev–Trinajstić information content (AvgIpc) is 2.49. The van der Waals surface area contributed by atoms with Gasteiger partial charge in [0.25, 0.3) is 0 Å². The molecule has 1 aromatic rings. The van der Waals surface area contributed by atoms with E-state index in [2.05, 4.69) is 22.4 Å². The first-order valence-corrected chi connectivity index (χ1v) is 6.10. The largest absolute Gasteiger partial charge is 0.319 e. The van der Waals surface area contributed by atoms with Crippen LogP contribution in [0.3, 0.4) is 0 Å². The predicted molar refractivity (Wildman–Crippen MR) is 58.5 cm³/mol. The minimum Gasteiger partial charge on any atom is -0.319 e. The van der Waals surface area contributed by atoms with Crippen molar-refractivity contribution in [2.75, 3.05) is 19.3 Å². The summed E-state index contributed by atoms with van der Waals surface area (Å²) < 4.78 is 1.08. The first kappa shape index (κ1) is 10.9. The van der Waals surface area contributed by atoms with E-state index in [0.29, 0.717) is 5.92 Å². The van der Waals surface area contributed by atoms with Gasteiger partial charge in [0.1, 0.15) is 5.01 Å². The number of hydrogen-bond donors (Lipinski definition) is 1. The Bertz CT molecular complexity index is 249. The topological polar surface area (TPSA) is 37.8 Å². The van der Waals surface area contributed by atoms with Crippen LogP contribution in [0.25, 0.3) is 0 Å². The third kappa shape index (κ3) is 4.06. The molecule has 1 rings (SSSR count). The highest BCUT2D eigenvalue weighted by molar-refractivity contribution is 8.01. The lowest BCUT2D eigenvalue weighted by molar-refractivity contribution is 0.603. The Labute approximate surface area is 87.3 Å². The minimum absolute atomic E-state index is 0.680. The summed E-state index contributed by atoms with van der Waals surface area (Å²) in [6, 6.07) is 0. The summed E-state index contributed by atoms with van der Waals surface area (Å²) in [5.41, 5.74) is 0. The molecule has 13 heavy (non-hydrogen) atoms. The molecule has 5 heteroatoms. The molecule has 0 aliphatic heterocycles. The third-order valence-electron chi connectivity index (χ3n) is 1.55. The molecule has 0 aliphatic carbocycles. The van der Waals surface area contributed by atoms with Crippen LogP contribution in [0, 0.1) is 12.8 Å². The highest BCUT2D eigenvalue weighted by Gasteiger charge is 2.05. The normalized spacial score (nSPS) is 13.2. The standard InChI is InChI=1S/C8H15N3S2/c1-6(4-9-3)5-12-8-11-10-7(2)13-8/h6,9H,4-5H2,1-3H3. The Kier molecular flexibility index (Phi) is 4.69. The van der Waals surface area contributed by atoms with E-state index in [-0.39, 0.29) is 0 Å². The van der Waals surface area contributed by atoms with Crippen LogP contribution in [-0.2, 0) is 0 Å². The molecule has 1 heterocycles. The van der Waals surface area contributed by atoms with E-state index in [0.717, 1.165) is 21.6 Å². The molecule has 1 atom stereocenters. The quantitative estimate of drug-likeness (QED) is 0.763. The molecule has 0 radical (unpaired) electrons. The molecule has 0 amide bonds. The van der Waals surface area contributed by atoms with Crippen molar-refractivity contribution < 1.29 is 0 Å². The maximum Gasteiger partial charge on any atom is 0.174 e. The summed E-state index contributed by atoms with van der Waals surface area (Å²) in [5, 5.41) is 12.2. The molecule has 0 bridgehead atoms. The molecule has 1 aromatic heterocycles. The monoisotopic (exact) mass is 217 g/mol. The van der Waals surface area contributed by atoms with E-state index in [1.54, 1.807) is 23.1 Å². The highest BCUT2D eigenvalue weighted by atomic mass is 32.2. The second kappa shape index (κ2) is 5.57. The van der Waals surface area contributed by atoms with Crippen LogP contribution in [0.1, 0.15) is 11.9 Å². The van der Waals surface area contributed by atoms with Gasteiger partial charge in [-0.15, -0.1) is 10.2 Å². The Morgan fingerprint density at radius 3 is 2.85 bits per heavy atom. The molecule has 0 saturated heterocycles. The van der Waals surface area contributed by atoms with E-state index in [4.69, 9.17) is 0 Å². The summed E-state index contributed by atoms with van der Waals surface area (Å²) in [4.78, 5) is 0. The molecular weight excluding hydrogens is 202 g/mol. The number of nitrogens with one attached hydrogen (secondary N) is 1. The Morgan fingerprint density at radius 1 is 1.54 bits per heavy atom. The van der Waals surface area contributed by atoms with Crippen molar-refractivity contribution in [2.45, 2.75) is 18.2 Å². The van der Waals surface area contributed by atoms with Gasteiger partial charge in [0.15, 0.2) is 4.34 Å². The van der Waals surface area contributed by atoms with Crippen molar-refractivity contribution in [2.24, 2.45) is 5.92 Å². The highest BCUT2D eigenvalue weighted by Crippen LogP contribution is 2.23. The van der Waals surface area contributed by atoms with Crippen LogP contribution in [-0.4, -0.2) is 29.5 Å². The molecule has 0 spiro atoms. The van der Waals surface area contributed by atoms with E-state index >= 15 is 0 Å². The summed E-state index contributed by atoms with van der Waals surface area (Å²) in [5.74, 6) is 1.79. The number of nitrogens with zero attached hydrogens (tertiary/aromatic N) is 2. The molecule has 74 valence electrons. The summed E-state index contributed by atoms with van der Waals surface area (Å²) in [6.07, 6.45) is 0. The molecule has 1 N–H and O–H groups in total. The lowest BCUT2D eigenvalue weighted by Crippen LogP contribution is -2.17. The summed E-state index contributed by atoms with van der Waals surface area (Å²) in [6.45, 7) is 5.28. The molecule has 0 fully saturated rings. The number of hydrogen-bond acceptors (Lipinski definition) is 5. The predicted octanol–water partition coefficient (Wildman–Crippen LogP) is 1.79. The van der Waals surface area contributed by atoms with Gasteiger partial charge in [0.05, 0.1) is 0 Å². The molecule has 1 unspecified atom stereocenters. The van der Waals surface area contributed by atoms with Crippen molar-refractivity contribution in [3.8, 4) is 0 Å². The summed E-state index contributed by atoms with van der Waals surface area (Å²) in [7, 11) is 1.98. The van der Waals surface area contributed by atoms with E-state index in [1.165, 1.54) is 0 Å². The van der Waals surface area contributed by atoms with Crippen LogP contribution >= 0.6 is 23.1 Å².